The maximum absolute atomic E-state index is 13.1. The van der Waals surface area contributed by atoms with Gasteiger partial charge in [0.15, 0.2) is 5.17 Å². The fourth-order valence-electron chi connectivity index (χ4n) is 2.51. The van der Waals surface area contributed by atoms with Gasteiger partial charge in [0.1, 0.15) is 5.82 Å². The molecule has 1 saturated heterocycles. The first-order chi connectivity index (χ1) is 11.7. The molecule has 1 amide bonds. The number of nitrogens with zero attached hydrogens (tertiary/aromatic N) is 2. The van der Waals surface area contributed by atoms with Crippen LogP contribution in [0.2, 0.25) is 0 Å². The molecule has 0 spiro atoms. The number of aryl methyl sites for hydroxylation is 1. The second-order valence-corrected chi connectivity index (χ2v) is 6.64. The van der Waals surface area contributed by atoms with Crippen LogP contribution in [0.4, 0.5) is 10.1 Å². The highest BCUT2D eigenvalue weighted by atomic mass is 32.2. The van der Waals surface area contributed by atoms with Crippen LogP contribution in [0.1, 0.15) is 29.3 Å². The molecule has 0 unspecified atom stereocenters. The number of hydrogen-bond acceptors (Lipinski definition) is 3. The molecule has 0 atom stereocenters. The first-order valence-electron chi connectivity index (χ1n) is 8.05. The molecule has 124 valence electrons. The minimum Gasteiger partial charge on any atom is -0.287 e. The van der Waals surface area contributed by atoms with Gasteiger partial charge in [0.25, 0.3) is 5.91 Å². The number of aliphatic imine (C=N–C) groups is 1. The van der Waals surface area contributed by atoms with E-state index >= 15 is 0 Å². The smallest absolute Gasteiger partial charge is 0.259 e. The molecule has 2 aromatic carbocycles. The van der Waals surface area contributed by atoms with Gasteiger partial charge in [-0.3, -0.25) is 9.69 Å². The van der Waals surface area contributed by atoms with Crippen LogP contribution in [-0.4, -0.2) is 28.3 Å². The Kier molecular flexibility index (Phi) is 5.30. The molecule has 0 aromatic heterocycles. The summed E-state index contributed by atoms with van der Waals surface area (Å²) in [5, 5.41) is 0.708. The molecule has 5 heteroatoms. The molecule has 1 aliphatic heterocycles. The average Bonchev–Trinajstić information content (AvgIpc) is 2.63. The maximum atomic E-state index is 13.1. The van der Waals surface area contributed by atoms with E-state index in [2.05, 4.69) is 24.0 Å². The Balaban J connectivity index is 1.85. The van der Waals surface area contributed by atoms with Crippen molar-refractivity contribution in [3.05, 3.63) is 65.5 Å². The highest BCUT2D eigenvalue weighted by Crippen LogP contribution is 2.24. The van der Waals surface area contributed by atoms with Gasteiger partial charge in [-0.1, -0.05) is 30.8 Å². The Morgan fingerprint density at radius 2 is 1.88 bits per heavy atom. The van der Waals surface area contributed by atoms with Crippen LogP contribution in [0, 0.1) is 5.82 Å². The SMILES string of the molecule is CCc1ccc(N=C2SCCCN2C(=O)c2ccc(F)cc2)cc1. The second-order valence-electron chi connectivity index (χ2n) is 5.58. The second kappa shape index (κ2) is 7.62. The van der Waals surface area contributed by atoms with Crippen LogP contribution in [-0.2, 0) is 6.42 Å². The summed E-state index contributed by atoms with van der Waals surface area (Å²) in [7, 11) is 0. The van der Waals surface area contributed by atoms with Crippen molar-refractivity contribution in [1.82, 2.24) is 4.90 Å². The molecule has 24 heavy (non-hydrogen) atoms. The summed E-state index contributed by atoms with van der Waals surface area (Å²) >= 11 is 1.58. The Morgan fingerprint density at radius 3 is 2.54 bits per heavy atom. The van der Waals surface area contributed by atoms with Crippen molar-refractivity contribution < 1.29 is 9.18 Å². The molecule has 0 bridgehead atoms. The van der Waals surface area contributed by atoms with Crippen molar-refractivity contribution in [3.8, 4) is 0 Å². The van der Waals surface area contributed by atoms with E-state index in [1.807, 2.05) is 12.1 Å². The van der Waals surface area contributed by atoms with Crippen molar-refractivity contribution in [2.45, 2.75) is 19.8 Å². The number of hydrogen-bond donors (Lipinski definition) is 0. The summed E-state index contributed by atoms with van der Waals surface area (Å²) in [6.07, 6.45) is 1.91. The van der Waals surface area contributed by atoms with E-state index in [9.17, 15) is 9.18 Å². The largest absolute Gasteiger partial charge is 0.287 e. The normalized spacial score (nSPS) is 16.4. The molecule has 3 nitrogen and oxygen atoms in total. The summed E-state index contributed by atoms with van der Waals surface area (Å²) in [4.78, 5) is 19.1. The molecule has 0 saturated carbocycles. The molecule has 2 aromatic rings. The standard InChI is InChI=1S/C19H19FN2OS/c1-2-14-4-10-17(11-5-14)21-19-22(12-3-13-24-19)18(23)15-6-8-16(20)9-7-15/h4-11H,2-3,12-13H2,1H3. The lowest BCUT2D eigenvalue weighted by molar-refractivity contribution is 0.0849. The van der Waals surface area contributed by atoms with Crippen molar-refractivity contribution >= 4 is 28.5 Å². The predicted octanol–water partition coefficient (Wildman–Crippen LogP) is 4.65. The fraction of sp³-hybridized carbons (Fsp3) is 0.263. The highest BCUT2D eigenvalue weighted by molar-refractivity contribution is 8.13. The van der Waals surface area contributed by atoms with E-state index < -0.39 is 0 Å². The summed E-state index contributed by atoms with van der Waals surface area (Å²) in [5.74, 6) is 0.467. The average molecular weight is 342 g/mol. The van der Waals surface area contributed by atoms with E-state index in [1.54, 1.807) is 16.7 Å². The molecule has 1 heterocycles. The molecule has 3 rings (SSSR count). The van der Waals surface area contributed by atoms with E-state index in [4.69, 9.17) is 0 Å². The van der Waals surface area contributed by atoms with Crippen molar-refractivity contribution in [2.24, 2.45) is 4.99 Å². The van der Waals surface area contributed by atoms with Gasteiger partial charge in [-0.25, -0.2) is 9.38 Å². The van der Waals surface area contributed by atoms with Crippen molar-refractivity contribution in [1.29, 1.82) is 0 Å². The third-order valence-electron chi connectivity index (χ3n) is 3.89. The molecule has 1 fully saturated rings. The van der Waals surface area contributed by atoms with Gasteiger partial charge >= 0.3 is 0 Å². The Bertz CT molecular complexity index is 741. The van der Waals surface area contributed by atoms with Gasteiger partial charge in [-0.15, -0.1) is 0 Å². The van der Waals surface area contributed by atoms with Crippen molar-refractivity contribution in [2.75, 3.05) is 12.3 Å². The fourth-order valence-corrected chi connectivity index (χ4v) is 3.46. The molecule has 0 N–H and O–H groups in total. The van der Waals surface area contributed by atoms with Gasteiger partial charge in [-0.05, 0) is 54.8 Å². The Morgan fingerprint density at radius 1 is 1.17 bits per heavy atom. The minimum absolute atomic E-state index is 0.133. The van der Waals surface area contributed by atoms with Crippen LogP contribution in [0.15, 0.2) is 53.5 Å². The summed E-state index contributed by atoms with van der Waals surface area (Å²) in [5.41, 5.74) is 2.58. The van der Waals surface area contributed by atoms with Crippen LogP contribution in [0.3, 0.4) is 0 Å². The number of halogens is 1. The third kappa shape index (κ3) is 3.85. The monoisotopic (exact) mass is 342 g/mol. The molecular weight excluding hydrogens is 323 g/mol. The van der Waals surface area contributed by atoms with Gasteiger partial charge < -0.3 is 0 Å². The third-order valence-corrected chi connectivity index (χ3v) is 4.96. The number of amidine groups is 1. The van der Waals surface area contributed by atoms with Gasteiger partial charge in [-0.2, -0.15) is 0 Å². The Labute approximate surface area is 145 Å². The summed E-state index contributed by atoms with van der Waals surface area (Å²) in [6.45, 7) is 2.75. The molecule has 0 aliphatic carbocycles. The lowest BCUT2D eigenvalue weighted by atomic mass is 10.1. The number of carbonyl (C=O) groups excluding carboxylic acids is 1. The van der Waals surface area contributed by atoms with E-state index in [0.717, 1.165) is 24.3 Å². The van der Waals surface area contributed by atoms with Crippen LogP contribution < -0.4 is 0 Å². The number of carbonyl (C=O) groups is 1. The van der Waals surface area contributed by atoms with Crippen LogP contribution in [0.25, 0.3) is 0 Å². The van der Waals surface area contributed by atoms with Gasteiger partial charge in [0.2, 0.25) is 0 Å². The zero-order chi connectivity index (χ0) is 16.9. The molecule has 0 radical (unpaired) electrons. The van der Waals surface area contributed by atoms with E-state index in [0.29, 0.717) is 17.3 Å². The topological polar surface area (TPSA) is 32.7 Å². The minimum atomic E-state index is -0.343. The Hall–Kier alpha value is -2.14. The highest BCUT2D eigenvalue weighted by Gasteiger charge is 2.24. The zero-order valence-electron chi connectivity index (χ0n) is 13.5. The van der Waals surface area contributed by atoms with Gasteiger partial charge in [0, 0.05) is 17.9 Å². The number of benzene rings is 2. The lowest BCUT2D eigenvalue weighted by Gasteiger charge is -2.27. The lowest BCUT2D eigenvalue weighted by Crippen LogP contribution is -2.39. The van der Waals surface area contributed by atoms with Gasteiger partial charge in [0.05, 0.1) is 5.69 Å². The number of thioether (sulfide) groups is 1. The summed E-state index contributed by atoms with van der Waals surface area (Å²) < 4.78 is 13.1. The first kappa shape index (κ1) is 16.7. The van der Waals surface area contributed by atoms with Crippen LogP contribution >= 0.6 is 11.8 Å². The van der Waals surface area contributed by atoms with E-state index in [-0.39, 0.29) is 11.7 Å². The summed E-state index contributed by atoms with van der Waals surface area (Å²) in [6, 6.07) is 13.7. The van der Waals surface area contributed by atoms with E-state index in [1.165, 1.54) is 29.8 Å². The zero-order valence-corrected chi connectivity index (χ0v) is 14.4. The molecule has 1 aliphatic rings. The molecular formula is C19H19FN2OS. The first-order valence-corrected chi connectivity index (χ1v) is 9.04. The number of amides is 1. The quantitative estimate of drug-likeness (QED) is 0.813. The number of rotatable bonds is 3. The predicted molar refractivity (Wildman–Crippen MR) is 97.4 cm³/mol. The van der Waals surface area contributed by atoms with Crippen molar-refractivity contribution in [3.63, 3.8) is 0 Å². The van der Waals surface area contributed by atoms with Crippen LogP contribution in [0.5, 0.6) is 0 Å². The maximum Gasteiger partial charge on any atom is 0.259 e.